The van der Waals surface area contributed by atoms with E-state index in [2.05, 4.69) is 20.1 Å². The Hall–Kier alpha value is -1.51. The van der Waals surface area contributed by atoms with Crippen molar-refractivity contribution in [3.05, 3.63) is 11.9 Å². The first-order valence-corrected chi connectivity index (χ1v) is 7.14. The minimum atomic E-state index is -1.05. The standard InChI is InChI=1S/C13H23N5O3/c1-13(2,21)10-17-5-3-16(4-6-17)7-8-18-9-11(12(19)20)14-15-18/h9,21H,3-8,10H2,1-2H3,(H,19,20). The highest BCUT2D eigenvalue weighted by molar-refractivity contribution is 5.84. The zero-order valence-corrected chi connectivity index (χ0v) is 12.6. The molecule has 0 spiro atoms. The van der Waals surface area contributed by atoms with E-state index >= 15 is 0 Å². The van der Waals surface area contributed by atoms with E-state index in [9.17, 15) is 9.90 Å². The number of aromatic carboxylic acids is 1. The molecule has 1 aromatic rings. The summed E-state index contributed by atoms with van der Waals surface area (Å²) in [7, 11) is 0. The van der Waals surface area contributed by atoms with Crippen LogP contribution < -0.4 is 0 Å². The van der Waals surface area contributed by atoms with Crippen LogP contribution in [0.25, 0.3) is 0 Å². The highest BCUT2D eigenvalue weighted by atomic mass is 16.4. The fourth-order valence-electron chi connectivity index (χ4n) is 2.47. The van der Waals surface area contributed by atoms with Gasteiger partial charge in [0, 0.05) is 39.3 Å². The quantitative estimate of drug-likeness (QED) is 0.721. The molecular weight excluding hydrogens is 274 g/mol. The number of rotatable bonds is 6. The molecule has 1 aromatic heterocycles. The van der Waals surface area contributed by atoms with Gasteiger partial charge in [-0.3, -0.25) is 14.5 Å². The molecule has 2 N–H and O–H groups in total. The van der Waals surface area contributed by atoms with E-state index in [-0.39, 0.29) is 5.69 Å². The molecule has 8 nitrogen and oxygen atoms in total. The number of nitrogens with zero attached hydrogens (tertiary/aromatic N) is 5. The van der Waals surface area contributed by atoms with Crippen molar-refractivity contribution in [3.63, 3.8) is 0 Å². The molecule has 0 amide bonds. The Bertz CT molecular complexity index is 474. The summed E-state index contributed by atoms with van der Waals surface area (Å²) in [5.74, 6) is -1.05. The maximum Gasteiger partial charge on any atom is 0.358 e. The van der Waals surface area contributed by atoms with Gasteiger partial charge in [-0.25, -0.2) is 4.79 Å². The molecule has 2 heterocycles. The molecule has 2 rings (SSSR count). The summed E-state index contributed by atoms with van der Waals surface area (Å²) in [6, 6.07) is 0. The molecule has 1 aliphatic rings. The van der Waals surface area contributed by atoms with Gasteiger partial charge in [0.15, 0.2) is 5.69 Å². The molecule has 0 aliphatic carbocycles. The van der Waals surface area contributed by atoms with E-state index in [0.717, 1.165) is 32.7 Å². The smallest absolute Gasteiger partial charge is 0.358 e. The highest BCUT2D eigenvalue weighted by Gasteiger charge is 2.22. The number of aromatic nitrogens is 3. The topological polar surface area (TPSA) is 94.7 Å². The second-order valence-electron chi connectivity index (χ2n) is 6.10. The van der Waals surface area contributed by atoms with E-state index in [1.54, 1.807) is 4.68 Å². The Morgan fingerprint density at radius 3 is 2.38 bits per heavy atom. The van der Waals surface area contributed by atoms with Crippen molar-refractivity contribution in [1.29, 1.82) is 0 Å². The molecule has 0 atom stereocenters. The van der Waals surface area contributed by atoms with Gasteiger partial charge in [-0.05, 0) is 13.8 Å². The molecule has 0 unspecified atom stereocenters. The normalized spacial score (nSPS) is 18.0. The molecule has 0 bridgehead atoms. The van der Waals surface area contributed by atoms with Crippen molar-refractivity contribution in [2.75, 3.05) is 39.3 Å². The first kappa shape index (κ1) is 15.9. The van der Waals surface area contributed by atoms with Crippen molar-refractivity contribution >= 4 is 5.97 Å². The van der Waals surface area contributed by atoms with Gasteiger partial charge in [0.1, 0.15) is 0 Å². The molecule has 1 aliphatic heterocycles. The Labute approximate surface area is 124 Å². The third-order valence-corrected chi connectivity index (χ3v) is 3.48. The first-order valence-electron chi connectivity index (χ1n) is 7.14. The lowest BCUT2D eigenvalue weighted by molar-refractivity contribution is 0.0172. The number of hydrogen-bond acceptors (Lipinski definition) is 6. The van der Waals surface area contributed by atoms with E-state index in [1.165, 1.54) is 6.20 Å². The average molecular weight is 297 g/mol. The van der Waals surface area contributed by atoms with Crippen LogP contribution in [-0.4, -0.2) is 85.8 Å². The predicted octanol–water partition coefficient (Wildman–Crippen LogP) is -0.635. The van der Waals surface area contributed by atoms with Crippen LogP contribution in [0.3, 0.4) is 0 Å². The predicted molar refractivity (Wildman–Crippen MR) is 76.2 cm³/mol. The molecule has 21 heavy (non-hydrogen) atoms. The van der Waals surface area contributed by atoms with Crippen LogP contribution in [0.2, 0.25) is 0 Å². The van der Waals surface area contributed by atoms with Gasteiger partial charge < -0.3 is 10.2 Å². The van der Waals surface area contributed by atoms with E-state index in [4.69, 9.17) is 5.11 Å². The molecule has 0 radical (unpaired) electrons. The third-order valence-electron chi connectivity index (χ3n) is 3.48. The monoisotopic (exact) mass is 297 g/mol. The summed E-state index contributed by atoms with van der Waals surface area (Å²) < 4.78 is 1.56. The maximum absolute atomic E-state index is 10.7. The fraction of sp³-hybridized carbons (Fsp3) is 0.769. The average Bonchev–Trinajstić information content (AvgIpc) is 2.85. The van der Waals surface area contributed by atoms with Crippen LogP contribution >= 0.6 is 0 Å². The van der Waals surface area contributed by atoms with Gasteiger partial charge in [-0.15, -0.1) is 5.10 Å². The van der Waals surface area contributed by atoms with E-state index in [1.807, 2.05) is 13.8 Å². The van der Waals surface area contributed by atoms with Gasteiger partial charge in [-0.1, -0.05) is 5.21 Å². The minimum absolute atomic E-state index is 0.0232. The number of β-amino-alcohol motifs (C(OH)–C–C–N with tert-alkyl or cyclic N) is 1. The lowest BCUT2D eigenvalue weighted by Crippen LogP contribution is -2.50. The number of piperazine rings is 1. The second-order valence-corrected chi connectivity index (χ2v) is 6.10. The summed E-state index contributed by atoms with van der Waals surface area (Å²) >= 11 is 0. The van der Waals surface area contributed by atoms with Crippen LogP contribution in [0.1, 0.15) is 24.3 Å². The van der Waals surface area contributed by atoms with E-state index < -0.39 is 11.6 Å². The Balaban J connectivity index is 1.72. The molecule has 1 saturated heterocycles. The SMILES string of the molecule is CC(C)(O)CN1CCN(CCn2cc(C(=O)O)nn2)CC1. The van der Waals surface area contributed by atoms with Gasteiger partial charge in [0.25, 0.3) is 0 Å². The second kappa shape index (κ2) is 6.50. The van der Waals surface area contributed by atoms with Crippen LogP contribution in [0.5, 0.6) is 0 Å². The zero-order chi connectivity index (χ0) is 15.5. The minimum Gasteiger partial charge on any atom is -0.476 e. The van der Waals surface area contributed by atoms with Gasteiger partial charge in [-0.2, -0.15) is 0 Å². The first-order chi connectivity index (χ1) is 9.83. The molecule has 8 heteroatoms. The van der Waals surface area contributed by atoms with Crippen molar-refractivity contribution in [3.8, 4) is 0 Å². The molecule has 118 valence electrons. The van der Waals surface area contributed by atoms with Gasteiger partial charge in [0.05, 0.1) is 18.3 Å². The van der Waals surface area contributed by atoms with Crippen molar-refractivity contribution in [2.24, 2.45) is 0 Å². The number of aliphatic hydroxyl groups is 1. The van der Waals surface area contributed by atoms with Gasteiger partial charge >= 0.3 is 5.97 Å². The number of carbonyl (C=O) groups is 1. The molecule has 1 fully saturated rings. The van der Waals surface area contributed by atoms with Crippen LogP contribution in [0.15, 0.2) is 6.20 Å². The lowest BCUT2D eigenvalue weighted by atomic mass is 10.1. The van der Waals surface area contributed by atoms with Crippen LogP contribution in [-0.2, 0) is 6.54 Å². The van der Waals surface area contributed by atoms with Gasteiger partial charge in [0.2, 0.25) is 0 Å². The molecule has 0 saturated carbocycles. The maximum atomic E-state index is 10.7. The summed E-state index contributed by atoms with van der Waals surface area (Å²) in [5, 5.41) is 26.0. The summed E-state index contributed by atoms with van der Waals surface area (Å²) in [6.45, 7) is 9.53. The van der Waals surface area contributed by atoms with Crippen molar-refractivity contribution in [1.82, 2.24) is 24.8 Å². The van der Waals surface area contributed by atoms with Crippen LogP contribution in [0.4, 0.5) is 0 Å². The fourth-order valence-corrected chi connectivity index (χ4v) is 2.47. The lowest BCUT2D eigenvalue weighted by Gasteiger charge is -2.37. The number of hydrogen-bond donors (Lipinski definition) is 2. The number of carboxylic acids is 1. The Morgan fingerprint density at radius 2 is 1.86 bits per heavy atom. The summed E-state index contributed by atoms with van der Waals surface area (Å²) in [5.41, 5.74) is -0.680. The molecule has 0 aromatic carbocycles. The Kier molecular flexibility index (Phi) is 4.92. The largest absolute Gasteiger partial charge is 0.476 e. The summed E-state index contributed by atoms with van der Waals surface area (Å²) in [6.07, 6.45) is 1.45. The third kappa shape index (κ3) is 5.07. The highest BCUT2D eigenvalue weighted by Crippen LogP contribution is 2.08. The zero-order valence-electron chi connectivity index (χ0n) is 12.6. The summed E-state index contributed by atoms with van der Waals surface area (Å²) in [4.78, 5) is 15.3. The van der Waals surface area contributed by atoms with Crippen LogP contribution in [0, 0.1) is 0 Å². The van der Waals surface area contributed by atoms with E-state index in [0.29, 0.717) is 13.1 Å². The van der Waals surface area contributed by atoms with Crippen molar-refractivity contribution < 1.29 is 15.0 Å². The Morgan fingerprint density at radius 1 is 1.24 bits per heavy atom. The molecular formula is C13H23N5O3. The van der Waals surface area contributed by atoms with Crippen molar-refractivity contribution in [2.45, 2.75) is 26.0 Å². The number of carboxylic acid groups (broad SMARTS) is 1.